The number of pyridine rings is 1. The number of aromatic nitrogens is 4. The molecule has 0 radical (unpaired) electrons. The first-order valence-electron chi connectivity index (χ1n) is 8.85. The predicted octanol–water partition coefficient (Wildman–Crippen LogP) is 5.16. The summed E-state index contributed by atoms with van der Waals surface area (Å²) in [5, 5.41) is 0.616. The fraction of sp³-hybridized carbons (Fsp3) is 0. The molecular formula is C22H13ClN4O2. The van der Waals surface area contributed by atoms with Gasteiger partial charge in [-0.15, -0.1) is 0 Å². The predicted molar refractivity (Wildman–Crippen MR) is 110 cm³/mol. The molecule has 5 aromatic rings. The molecule has 0 spiro atoms. The summed E-state index contributed by atoms with van der Waals surface area (Å²) < 4.78 is 5.93. The van der Waals surface area contributed by atoms with Gasteiger partial charge in [-0.3, -0.25) is 9.78 Å². The molecule has 29 heavy (non-hydrogen) atoms. The summed E-state index contributed by atoms with van der Waals surface area (Å²) in [6.45, 7) is 0. The van der Waals surface area contributed by atoms with Gasteiger partial charge in [-0.25, -0.2) is 9.97 Å². The summed E-state index contributed by atoms with van der Waals surface area (Å²) in [6, 6.07) is 18.5. The van der Waals surface area contributed by atoms with E-state index in [1.165, 1.54) is 0 Å². The van der Waals surface area contributed by atoms with Gasteiger partial charge in [0.25, 0.3) is 11.7 Å². The zero-order valence-electron chi connectivity index (χ0n) is 15.0. The number of imidazole rings is 1. The van der Waals surface area contributed by atoms with Crippen LogP contribution in [-0.4, -0.2) is 25.7 Å². The minimum Gasteiger partial charge on any atom is -0.433 e. The number of nitrogens with one attached hydrogen (secondary N) is 1. The van der Waals surface area contributed by atoms with Crippen LogP contribution in [0.4, 0.5) is 0 Å². The molecular weight excluding hydrogens is 388 g/mol. The van der Waals surface area contributed by atoms with Crippen molar-refractivity contribution in [3.05, 3.63) is 89.8 Å². The summed E-state index contributed by atoms with van der Waals surface area (Å²) in [5.74, 6) is 0.185. The number of H-pyrrole nitrogens is 1. The molecule has 0 fully saturated rings. The number of rotatable bonds is 4. The monoisotopic (exact) mass is 400 g/mol. The number of halogens is 1. The average molecular weight is 401 g/mol. The highest BCUT2D eigenvalue weighted by Gasteiger charge is 2.24. The maximum Gasteiger partial charge on any atom is 0.283 e. The maximum atomic E-state index is 13.0. The number of aromatic amines is 1. The molecule has 0 aliphatic heterocycles. The molecule has 1 N–H and O–H groups in total. The zero-order valence-corrected chi connectivity index (χ0v) is 15.7. The molecule has 0 unspecified atom stereocenters. The summed E-state index contributed by atoms with van der Waals surface area (Å²) in [4.78, 5) is 28.8. The lowest BCUT2D eigenvalue weighted by Crippen LogP contribution is -2.04. The number of nitrogens with zero attached hydrogens (tertiary/aromatic N) is 3. The van der Waals surface area contributed by atoms with Crippen molar-refractivity contribution in [3.8, 4) is 22.6 Å². The van der Waals surface area contributed by atoms with E-state index in [9.17, 15) is 4.79 Å². The van der Waals surface area contributed by atoms with Crippen LogP contribution in [0.15, 0.2) is 77.5 Å². The zero-order chi connectivity index (χ0) is 19.8. The van der Waals surface area contributed by atoms with Crippen LogP contribution in [-0.2, 0) is 0 Å². The Labute approximate surface area is 170 Å². The Morgan fingerprint density at radius 1 is 0.931 bits per heavy atom. The second-order valence-electron chi connectivity index (χ2n) is 6.38. The summed E-state index contributed by atoms with van der Waals surface area (Å²) in [6.07, 6.45) is 3.23. The third-order valence-electron chi connectivity index (χ3n) is 4.47. The number of oxazole rings is 1. The van der Waals surface area contributed by atoms with Crippen molar-refractivity contribution in [2.24, 2.45) is 0 Å². The van der Waals surface area contributed by atoms with Gasteiger partial charge in [-0.2, -0.15) is 0 Å². The van der Waals surface area contributed by atoms with Crippen molar-refractivity contribution in [2.75, 3.05) is 0 Å². The fourth-order valence-electron chi connectivity index (χ4n) is 3.07. The molecule has 0 aliphatic carbocycles. The van der Waals surface area contributed by atoms with Crippen LogP contribution >= 0.6 is 11.6 Å². The lowest BCUT2D eigenvalue weighted by atomic mass is 10.1. The molecule has 0 atom stereocenters. The van der Waals surface area contributed by atoms with E-state index in [0.29, 0.717) is 27.5 Å². The number of hydrogen-bond donors (Lipinski definition) is 1. The highest BCUT2D eigenvalue weighted by Crippen LogP contribution is 2.33. The quantitative estimate of drug-likeness (QED) is 0.421. The van der Waals surface area contributed by atoms with Crippen LogP contribution in [0.25, 0.3) is 33.6 Å². The Morgan fingerprint density at radius 3 is 2.48 bits per heavy atom. The van der Waals surface area contributed by atoms with Crippen LogP contribution < -0.4 is 0 Å². The molecule has 0 aliphatic rings. The molecule has 0 saturated carbocycles. The molecule has 0 saturated heterocycles. The van der Waals surface area contributed by atoms with Crippen LogP contribution in [0, 0.1) is 0 Å². The second kappa shape index (κ2) is 7.00. The van der Waals surface area contributed by atoms with E-state index in [0.717, 1.165) is 11.1 Å². The van der Waals surface area contributed by atoms with Crippen molar-refractivity contribution < 1.29 is 9.21 Å². The third kappa shape index (κ3) is 3.19. The summed E-state index contributed by atoms with van der Waals surface area (Å²) >= 11 is 6.01. The van der Waals surface area contributed by atoms with Crippen LogP contribution in [0.3, 0.4) is 0 Å². The highest BCUT2D eigenvalue weighted by molar-refractivity contribution is 6.30. The van der Waals surface area contributed by atoms with Crippen molar-refractivity contribution in [3.63, 3.8) is 0 Å². The molecule has 2 aromatic carbocycles. The maximum absolute atomic E-state index is 13.0. The summed E-state index contributed by atoms with van der Waals surface area (Å²) in [5.41, 5.74) is 3.50. The summed E-state index contributed by atoms with van der Waals surface area (Å²) in [7, 11) is 0. The van der Waals surface area contributed by atoms with E-state index in [-0.39, 0.29) is 11.7 Å². The lowest BCUT2D eigenvalue weighted by molar-refractivity contribution is 0.0995. The minimum absolute atomic E-state index is 0.0409. The Balaban J connectivity index is 1.63. The van der Waals surface area contributed by atoms with Gasteiger partial charge in [0, 0.05) is 22.3 Å². The van der Waals surface area contributed by atoms with Gasteiger partial charge >= 0.3 is 0 Å². The van der Waals surface area contributed by atoms with Crippen molar-refractivity contribution in [1.29, 1.82) is 0 Å². The molecule has 0 bridgehead atoms. The highest BCUT2D eigenvalue weighted by atomic mass is 35.5. The first-order valence-corrected chi connectivity index (χ1v) is 9.23. The Bertz CT molecular complexity index is 1290. The largest absolute Gasteiger partial charge is 0.433 e. The van der Waals surface area contributed by atoms with E-state index in [4.69, 9.17) is 16.0 Å². The van der Waals surface area contributed by atoms with Gasteiger partial charge in [0.2, 0.25) is 0 Å². The second-order valence-corrected chi connectivity index (χ2v) is 6.81. The van der Waals surface area contributed by atoms with E-state index >= 15 is 0 Å². The first kappa shape index (κ1) is 17.3. The molecule has 0 amide bonds. The molecule has 3 aromatic heterocycles. The number of carbonyl (C=O) groups excluding carboxylic acids is 1. The van der Waals surface area contributed by atoms with Gasteiger partial charge in [0.05, 0.1) is 17.2 Å². The smallest absolute Gasteiger partial charge is 0.283 e. The molecule has 7 heteroatoms. The average Bonchev–Trinajstić information content (AvgIpc) is 3.39. The van der Waals surface area contributed by atoms with Crippen molar-refractivity contribution in [2.45, 2.75) is 0 Å². The number of hydrogen-bond acceptors (Lipinski definition) is 5. The van der Waals surface area contributed by atoms with Crippen LogP contribution in [0.1, 0.15) is 16.5 Å². The molecule has 5 rings (SSSR count). The van der Waals surface area contributed by atoms with E-state index in [1.54, 1.807) is 30.6 Å². The van der Waals surface area contributed by atoms with Gasteiger partial charge in [0.15, 0.2) is 11.6 Å². The molecule has 6 nitrogen and oxygen atoms in total. The first-order chi connectivity index (χ1) is 14.2. The minimum atomic E-state index is -0.432. The number of benzene rings is 2. The van der Waals surface area contributed by atoms with Gasteiger partial charge in [0.1, 0.15) is 5.69 Å². The Kier molecular flexibility index (Phi) is 4.18. The Hall–Kier alpha value is -3.77. The molecule has 140 valence electrons. The van der Waals surface area contributed by atoms with E-state index in [2.05, 4.69) is 19.9 Å². The SMILES string of the molecule is O=C(c1nc2ccncc2[nH]1)c1nc(-c2ccc(Cl)cc2)c(-c2ccccc2)o1. The number of carbonyl (C=O) groups is 1. The molecule has 3 heterocycles. The lowest BCUT2D eigenvalue weighted by Gasteiger charge is -2.01. The van der Waals surface area contributed by atoms with Crippen molar-refractivity contribution >= 4 is 28.4 Å². The topological polar surface area (TPSA) is 84.7 Å². The number of ketones is 1. The van der Waals surface area contributed by atoms with Gasteiger partial charge in [-0.1, -0.05) is 54.1 Å². The normalized spacial score (nSPS) is 11.1. The number of fused-ring (bicyclic) bond motifs is 1. The van der Waals surface area contributed by atoms with E-state index < -0.39 is 5.78 Å². The van der Waals surface area contributed by atoms with Crippen LogP contribution in [0.5, 0.6) is 0 Å². The Morgan fingerprint density at radius 2 is 1.72 bits per heavy atom. The van der Waals surface area contributed by atoms with E-state index in [1.807, 2.05) is 42.5 Å². The van der Waals surface area contributed by atoms with Crippen molar-refractivity contribution in [1.82, 2.24) is 19.9 Å². The fourth-order valence-corrected chi connectivity index (χ4v) is 3.20. The van der Waals surface area contributed by atoms with Crippen LogP contribution in [0.2, 0.25) is 5.02 Å². The van der Waals surface area contributed by atoms with Gasteiger partial charge < -0.3 is 9.40 Å². The standard InChI is InChI=1S/C22H13ClN4O2/c23-15-8-6-13(7-9-15)18-20(14-4-2-1-3-5-14)29-22(27-18)19(28)21-25-16-10-11-24-12-17(16)26-21/h1-12H,(H,25,26). The van der Waals surface area contributed by atoms with Gasteiger partial charge in [-0.05, 0) is 18.2 Å². The third-order valence-corrected chi connectivity index (χ3v) is 4.73.